The quantitative estimate of drug-likeness (QED) is 0.642. The van der Waals surface area contributed by atoms with E-state index in [0.717, 1.165) is 16.9 Å². The van der Waals surface area contributed by atoms with Crippen molar-refractivity contribution < 1.29 is 28.2 Å². The van der Waals surface area contributed by atoms with Crippen LogP contribution in [0.5, 0.6) is 11.5 Å². The van der Waals surface area contributed by atoms with Gasteiger partial charge in [0.2, 0.25) is 0 Å². The lowest BCUT2D eigenvalue weighted by Crippen LogP contribution is -2.17. The molecule has 0 saturated heterocycles. The van der Waals surface area contributed by atoms with Gasteiger partial charge in [0, 0.05) is 0 Å². The molecule has 0 aromatic heterocycles. The Balaban J connectivity index is 0.000000325. The Kier molecular flexibility index (Phi) is 9.76. The largest absolute Gasteiger partial charge is 0.496 e. The van der Waals surface area contributed by atoms with Gasteiger partial charge in [-0.2, -0.15) is 14.0 Å². The fourth-order valence-corrected chi connectivity index (χ4v) is 3.05. The van der Waals surface area contributed by atoms with E-state index in [9.17, 15) is 13.6 Å². The van der Waals surface area contributed by atoms with E-state index in [4.69, 9.17) is 15.1 Å². The van der Waals surface area contributed by atoms with E-state index in [-0.39, 0.29) is 11.7 Å². The number of alkyl halides is 2. The maximum Gasteiger partial charge on any atom is 0.387 e. The Morgan fingerprint density at radius 3 is 2.13 bits per heavy atom. The van der Waals surface area contributed by atoms with Gasteiger partial charge in [0.1, 0.15) is 11.5 Å². The number of halogens is 2. The summed E-state index contributed by atoms with van der Waals surface area (Å²) in [4.78, 5) is 11.2. The Bertz CT molecular complexity index is 891. The fourth-order valence-electron chi connectivity index (χ4n) is 3.05. The molecule has 0 bridgehead atoms. The number of carboxylic acids is 1. The number of hydrogen-bond donors (Lipinski definition) is 1. The third-order valence-corrected chi connectivity index (χ3v) is 4.45. The molecular weight excluding hydrogens is 392 g/mol. The highest BCUT2D eigenvalue weighted by Gasteiger charge is 2.24. The van der Waals surface area contributed by atoms with E-state index in [1.54, 1.807) is 33.9 Å². The molecule has 0 spiro atoms. The van der Waals surface area contributed by atoms with Crippen LogP contribution in [-0.2, 0) is 11.2 Å². The van der Waals surface area contributed by atoms with Gasteiger partial charge in [0.25, 0.3) is 0 Å². The molecule has 0 aliphatic rings. The number of ether oxygens (including phenoxy) is 2. The van der Waals surface area contributed by atoms with Crippen LogP contribution in [0, 0.1) is 31.1 Å². The van der Waals surface area contributed by atoms with Crippen LogP contribution in [0.1, 0.15) is 42.0 Å². The monoisotopic (exact) mass is 419 g/mol. The first-order valence-electron chi connectivity index (χ1n) is 9.39. The van der Waals surface area contributed by atoms with Crippen molar-refractivity contribution in [3.8, 4) is 17.6 Å². The minimum absolute atomic E-state index is 0.0710. The topological polar surface area (TPSA) is 79.5 Å². The van der Waals surface area contributed by atoms with Crippen molar-refractivity contribution in [1.82, 2.24) is 0 Å². The Labute approximate surface area is 175 Å². The molecule has 30 heavy (non-hydrogen) atoms. The van der Waals surface area contributed by atoms with Gasteiger partial charge in [-0.15, -0.1) is 0 Å². The number of rotatable bonds is 7. The summed E-state index contributed by atoms with van der Waals surface area (Å²) in [5.74, 6) is -0.710. The van der Waals surface area contributed by atoms with Crippen molar-refractivity contribution in [2.45, 2.75) is 46.6 Å². The van der Waals surface area contributed by atoms with Gasteiger partial charge in [-0.3, -0.25) is 4.79 Å². The lowest BCUT2D eigenvalue weighted by Gasteiger charge is -2.18. The summed E-state index contributed by atoms with van der Waals surface area (Å²) in [7, 11) is 1.65. The number of hydrogen-bond acceptors (Lipinski definition) is 4. The minimum atomic E-state index is -2.88. The van der Waals surface area contributed by atoms with Gasteiger partial charge in [-0.25, -0.2) is 0 Å². The molecule has 0 fully saturated rings. The minimum Gasteiger partial charge on any atom is -0.496 e. The maximum atomic E-state index is 12.1. The molecule has 1 N–H and O–H groups in total. The number of methoxy groups -OCH3 is 1. The lowest BCUT2D eigenvalue weighted by molar-refractivity contribution is -0.139. The summed E-state index contributed by atoms with van der Waals surface area (Å²) >= 11 is 0. The molecule has 0 saturated carbocycles. The summed E-state index contributed by atoms with van der Waals surface area (Å²) in [6.07, 6.45) is 0.463. The number of carboxylic acid groups (broad SMARTS) is 1. The Morgan fingerprint density at radius 2 is 1.70 bits per heavy atom. The highest BCUT2D eigenvalue weighted by atomic mass is 19.3. The van der Waals surface area contributed by atoms with Crippen LogP contribution in [0.15, 0.2) is 36.4 Å². The van der Waals surface area contributed by atoms with E-state index < -0.39 is 18.5 Å². The third kappa shape index (κ3) is 7.36. The number of carbonyl (C=O) groups is 1. The number of aliphatic carboxylic acids is 1. The zero-order chi connectivity index (χ0) is 22.8. The van der Waals surface area contributed by atoms with Crippen molar-refractivity contribution in [2.24, 2.45) is 5.92 Å². The SMILES string of the molecule is COc1ccc(CC#N)cc1C.Cc1cc(C(C(=O)O)C(C)C)ccc1OC(F)F. The molecule has 162 valence electrons. The predicted octanol–water partition coefficient (Wildman–Crippen LogP) is 5.49. The van der Waals surface area contributed by atoms with Gasteiger partial charge < -0.3 is 14.6 Å². The van der Waals surface area contributed by atoms with Crippen molar-refractivity contribution in [1.29, 1.82) is 5.26 Å². The van der Waals surface area contributed by atoms with Crippen LogP contribution in [0.3, 0.4) is 0 Å². The number of nitriles is 1. The second-order valence-electron chi connectivity index (χ2n) is 7.10. The van der Waals surface area contributed by atoms with Crippen molar-refractivity contribution in [2.75, 3.05) is 7.11 Å². The van der Waals surface area contributed by atoms with Crippen LogP contribution >= 0.6 is 0 Å². The third-order valence-electron chi connectivity index (χ3n) is 4.45. The zero-order valence-electron chi connectivity index (χ0n) is 17.8. The maximum absolute atomic E-state index is 12.1. The molecule has 0 radical (unpaired) electrons. The first-order valence-corrected chi connectivity index (χ1v) is 9.39. The van der Waals surface area contributed by atoms with Crippen LogP contribution in [0.25, 0.3) is 0 Å². The molecule has 0 heterocycles. The number of aryl methyl sites for hydroxylation is 2. The highest BCUT2D eigenvalue weighted by molar-refractivity contribution is 5.76. The van der Waals surface area contributed by atoms with Crippen molar-refractivity contribution in [3.05, 3.63) is 58.7 Å². The average molecular weight is 419 g/mol. The zero-order valence-corrected chi connectivity index (χ0v) is 17.8. The summed E-state index contributed by atoms with van der Waals surface area (Å²) in [6, 6.07) is 12.4. The molecule has 0 aliphatic carbocycles. The molecule has 1 atom stereocenters. The summed E-state index contributed by atoms with van der Waals surface area (Å²) < 4.78 is 33.6. The number of benzene rings is 2. The fraction of sp³-hybridized carbons (Fsp3) is 0.391. The molecule has 0 aliphatic heterocycles. The molecule has 7 heteroatoms. The second-order valence-corrected chi connectivity index (χ2v) is 7.10. The molecule has 2 aromatic carbocycles. The van der Waals surface area contributed by atoms with E-state index in [2.05, 4.69) is 10.8 Å². The molecule has 0 amide bonds. The van der Waals surface area contributed by atoms with Gasteiger partial charge in [0.05, 0.1) is 25.5 Å². The second kappa shape index (κ2) is 11.8. The van der Waals surface area contributed by atoms with Gasteiger partial charge in [-0.1, -0.05) is 38.1 Å². The molecule has 2 aromatic rings. The highest BCUT2D eigenvalue weighted by Crippen LogP contribution is 2.29. The number of nitrogens with zero attached hydrogens (tertiary/aromatic N) is 1. The summed E-state index contributed by atoms with van der Waals surface area (Å²) in [6.45, 7) is 4.31. The van der Waals surface area contributed by atoms with Gasteiger partial charge >= 0.3 is 12.6 Å². The smallest absolute Gasteiger partial charge is 0.387 e. The van der Waals surface area contributed by atoms with E-state index >= 15 is 0 Å². The van der Waals surface area contributed by atoms with Crippen LogP contribution in [0.4, 0.5) is 8.78 Å². The van der Waals surface area contributed by atoms with E-state index in [0.29, 0.717) is 17.5 Å². The molecular formula is C23H27F2NO4. The summed E-state index contributed by atoms with van der Waals surface area (Å²) in [5.41, 5.74) is 3.21. The van der Waals surface area contributed by atoms with Crippen LogP contribution in [0.2, 0.25) is 0 Å². The average Bonchev–Trinajstić information content (AvgIpc) is 2.64. The van der Waals surface area contributed by atoms with Crippen LogP contribution in [-0.4, -0.2) is 24.8 Å². The summed E-state index contributed by atoms with van der Waals surface area (Å²) in [5, 5.41) is 17.6. The van der Waals surface area contributed by atoms with Gasteiger partial charge in [-0.05, 0) is 54.2 Å². The normalized spacial score (nSPS) is 11.3. The lowest BCUT2D eigenvalue weighted by atomic mass is 9.88. The van der Waals surface area contributed by atoms with E-state index in [1.807, 2.05) is 25.1 Å². The van der Waals surface area contributed by atoms with Gasteiger partial charge in [0.15, 0.2) is 0 Å². The molecule has 5 nitrogen and oxygen atoms in total. The van der Waals surface area contributed by atoms with Crippen molar-refractivity contribution >= 4 is 5.97 Å². The Morgan fingerprint density at radius 1 is 1.10 bits per heavy atom. The Hall–Kier alpha value is -3.14. The van der Waals surface area contributed by atoms with E-state index in [1.165, 1.54) is 12.1 Å². The predicted molar refractivity (Wildman–Crippen MR) is 110 cm³/mol. The molecule has 1 unspecified atom stereocenters. The van der Waals surface area contributed by atoms with Crippen LogP contribution < -0.4 is 9.47 Å². The van der Waals surface area contributed by atoms with Crippen molar-refractivity contribution in [3.63, 3.8) is 0 Å². The first kappa shape index (κ1) is 24.9. The molecule has 2 rings (SSSR count). The first-order chi connectivity index (χ1) is 14.1. The standard InChI is InChI=1S/C13H16F2O3.C10H11NO/c1-7(2)11(12(16)17)9-4-5-10(8(3)6-9)18-13(14)15;1-8-7-9(5-6-11)3-4-10(8)12-2/h4-7,11,13H,1-3H3,(H,16,17);3-4,7H,5H2,1-2H3.